The normalized spacial score (nSPS) is 26.0. The number of hydrazine groups is 1. The number of nitrogens with two attached hydrogens (primary N) is 1. The van der Waals surface area contributed by atoms with Crippen molar-refractivity contribution in [3.8, 4) is 0 Å². The summed E-state index contributed by atoms with van der Waals surface area (Å²) in [7, 11) is 0. The van der Waals surface area contributed by atoms with Gasteiger partial charge in [0, 0.05) is 12.6 Å². The quantitative estimate of drug-likeness (QED) is 0.604. The van der Waals surface area contributed by atoms with E-state index in [0.717, 1.165) is 25.9 Å². The summed E-state index contributed by atoms with van der Waals surface area (Å²) in [4.78, 5) is 0. The SMILES string of the molecule is CC1CCOC1C(CCc1ccccc1)NN. The van der Waals surface area contributed by atoms with E-state index in [1.807, 2.05) is 6.07 Å². The highest BCUT2D eigenvalue weighted by Crippen LogP contribution is 2.24. The highest BCUT2D eigenvalue weighted by Gasteiger charge is 2.31. The van der Waals surface area contributed by atoms with Crippen molar-refractivity contribution in [2.45, 2.75) is 38.3 Å². The first-order valence-electron chi connectivity index (χ1n) is 6.43. The second-order valence-electron chi connectivity index (χ2n) is 4.90. The minimum atomic E-state index is 0.257. The third-order valence-corrected chi connectivity index (χ3v) is 3.64. The van der Waals surface area contributed by atoms with E-state index in [1.165, 1.54) is 5.56 Å². The molecular weight excluding hydrogens is 212 g/mol. The molecule has 17 heavy (non-hydrogen) atoms. The maximum Gasteiger partial charge on any atom is 0.0767 e. The highest BCUT2D eigenvalue weighted by atomic mass is 16.5. The number of benzene rings is 1. The average Bonchev–Trinajstić information content (AvgIpc) is 2.78. The molecule has 0 bridgehead atoms. The summed E-state index contributed by atoms with van der Waals surface area (Å²) < 4.78 is 5.76. The molecule has 1 aromatic carbocycles. The van der Waals surface area contributed by atoms with Gasteiger partial charge in [0.05, 0.1) is 6.10 Å². The molecule has 0 aromatic heterocycles. The lowest BCUT2D eigenvalue weighted by Crippen LogP contribution is -2.46. The third kappa shape index (κ3) is 3.28. The Morgan fingerprint density at radius 2 is 2.18 bits per heavy atom. The van der Waals surface area contributed by atoms with Gasteiger partial charge in [-0.2, -0.15) is 0 Å². The van der Waals surface area contributed by atoms with E-state index in [1.54, 1.807) is 0 Å². The zero-order valence-electron chi connectivity index (χ0n) is 10.4. The van der Waals surface area contributed by atoms with Crippen LogP contribution in [0.5, 0.6) is 0 Å². The molecule has 3 nitrogen and oxygen atoms in total. The zero-order chi connectivity index (χ0) is 12.1. The Kier molecular flexibility index (Phi) is 4.54. The molecule has 1 aromatic rings. The van der Waals surface area contributed by atoms with Crippen molar-refractivity contribution in [2.75, 3.05) is 6.61 Å². The van der Waals surface area contributed by atoms with Gasteiger partial charge in [0.2, 0.25) is 0 Å². The van der Waals surface area contributed by atoms with Crippen molar-refractivity contribution < 1.29 is 4.74 Å². The fraction of sp³-hybridized carbons (Fsp3) is 0.571. The largest absolute Gasteiger partial charge is 0.376 e. The molecule has 3 unspecified atom stereocenters. The Morgan fingerprint density at radius 1 is 1.41 bits per heavy atom. The molecule has 3 N–H and O–H groups in total. The Bertz CT molecular complexity index is 328. The molecule has 2 rings (SSSR count). The smallest absolute Gasteiger partial charge is 0.0767 e. The van der Waals surface area contributed by atoms with Crippen molar-refractivity contribution in [3.63, 3.8) is 0 Å². The molecule has 1 fully saturated rings. The summed E-state index contributed by atoms with van der Waals surface area (Å²) in [5.41, 5.74) is 4.28. The van der Waals surface area contributed by atoms with E-state index < -0.39 is 0 Å². The van der Waals surface area contributed by atoms with Gasteiger partial charge in [-0.1, -0.05) is 37.3 Å². The van der Waals surface area contributed by atoms with Gasteiger partial charge in [-0.05, 0) is 30.7 Å². The summed E-state index contributed by atoms with van der Waals surface area (Å²) in [6.07, 6.45) is 3.48. The van der Waals surface area contributed by atoms with Gasteiger partial charge in [-0.3, -0.25) is 11.3 Å². The maximum atomic E-state index is 5.76. The van der Waals surface area contributed by atoms with Crippen LogP contribution >= 0.6 is 0 Å². The summed E-state index contributed by atoms with van der Waals surface area (Å²) in [5.74, 6) is 6.25. The monoisotopic (exact) mass is 234 g/mol. The highest BCUT2D eigenvalue weighted by molar-refractivity contribution is 5.14. The van der Waals surface area contributed by atoms with Gasteiger partial charge in [0.1, 0.15) is 0 Å². The summed E-state index contributed by atoms with van der Waals surface area (Å²) in [6.45, 7) is 3.11. The van der Waals surface area contributed by atoms with E-state index in [0.29, 0.717) is 5.92 Å². The molecule has 1 heterocycles. The van der Waals surface area contributed by atoms with Crippen molar-refractivity contribution in [1.29, 1.82) is 0 Å². The van der Waals surface area contributed by atoms with Gasteiger partial charge in [0.15, 0.2) is 0 Å². The third-order valence-electron chi connectivity index (χ3n) is 3.64. The number of hydrogen-bond donors (Lipinski definition) is 2. The average molecular weight is 234 g/mol. The van der Waals surface area contributed by atoms with E-state index >= 15 is 0 Å². The molecule has 0 amide bonds. The van der Waals surface area contributed by atoms with Crippen LogP contribution in [-0.4, -0.2) is 18.8 Å². The molecule has 3 heteroatoms. The minimum absolute atomic E-state index is 0.257. The van der Waals surface area contributed by atoms with Gasteiger partial charge in [0.25, 0.3) is 0 Å². The van der Waals surface area contributed by atoms with Gasteiger partial charge < -0.3 is 4.74 Å². The Balaban J connectivity index is 1.87. The lowest BCUT2D eigenvalue weighted by Gasteiger charge is -2.25. The molecule has 0 radical (unpaired) electrons. The van der Waals surface area contributed by atoms with Crippen LogP contribution in [0.1, 0.15) is 25.3 Å². The van der Waals surface area contributed by atoms with Crippen LogP contribution in [0.15, 0.2) is 30.3 Å². The Hall–Kier alpha value is -0.900. The van der Waals surface area contributed by atoms with Crippen LogP contribution < -0.4 is 11.3 Å². The minimum Gasteiger partial charge on any atom is -0.376 e. The fourth-order valence-corrected chi connectivity index (χ4v) is 2.54. The maximum absolute atomic E-state index is 5.76. The molecule has 0 spiro atoms. The summed E-state index contributed by atoms with van der Waals surface area (Å²) in [5, 5.41) is 0. The van der Waals surface area contributed by atoms with Crippen molar-refractivity contribution in [3.05, 3.63) is 35.9 Å². The van der Waals surface area contributed by atoms with Crippen LogP contribution in [0.3, 0.4) is 0 Å². The van der Waals surface area contributed by atoms with Crippen LogP contribution in [0, 0.1) is 5.92 Å². The number of nitrogens with one attached hydrogen (secondary N) is 1. The molecule has 3 atom stereocenters. The topological polar surface area (TPSA) is 47.3 Å². The lowest BCUT2D eigenvalue weighted by molar-refractivity contribution is 0.0584. The van der Waals surface area contributed by atoms with Crippen LogP contribution in [0.4, 0.5) is 0 Å². The van der Waals surface area contributed by atoms with Crippen LogP contribution in [-0.2, 0) is 11.2 Å². The molecule has 1 saturated heterocycles. The van der Waals surface area contributed by atoms with Crippen LogP contribution in [0.2, 0.25) is 0 Å². The van der Waals surface area contributed by atoms with E-state index in [9.17, 15) is 0 Å². The first-order chi connectivity index (χ1) is 8.31. The van der Waals surface area contributed by atoms with E-state index in [-0.39, 0.29) is 12.1 Å². The molecule has 1 aliphatic rings. The van der Waals surface area contributed by atoms with Gasteiger partial charge in [-0.25, -0.2) is 0 Å². The Morgan fingerprint density at radius 3 is 2.76 bits per heavy atom. The Labute approximate surface area is 103 Å². The van der Waals surface area contributed by atoms with Gasteiger partial charge >= 0.3 is 0 Å². The van der Waals surface area contributed by atoms with E-state index in [4.69, 9.17) is 10.6 Å². The molecule has 94 valence electrons. The number of hydrogen-bond acceptors (Lipinski definition) is 3. The predicted molar refractivity (Wildman–Crippen MR) is 69.4 cm³/mol. The molecule has 1 aliphatic heterocycles. The molecule has 0 saturated carbocycles. The molecular formula is C14H22N2O. The first-order valence-corrected chi connectivity index (χ1v) is 6.43. The summed E-state index contributed by atoms with van der Waals surface area (Å²) in [6, 6.07) is 10.8. The van der Waals surface area contributed by atoms with Crippen molar-refractivity contribution in [2.24, 2.45) is 11.8 Å². The second-order valence-corrected chi connectivity index (χ2v) is 4.90. The number of rotatable bonds is 5. The van der Waals surface area contributed by atoms with Crippen molar-refractivity contribution in [1.82, 2.24) is 5.43 Å². The molecule has 0 aliphatic carbocycles. The van der Waals surface area contributed by atoms with Crippen LogP contribution in [0.25, 0.3) is 0 Å². The first kappa shape index (κ1) is 12.6. The second kappa shape index (κ2) is 6.15. The zero-order valence-corrected chi connectivity index (χ0v) is 10.4. The fourth-order valence-electron chi connectivity index (χ4n) is 2.54. The predicted octanol–water partition coefficient (Wildman–Crippen LogP) is 1.88. The standard InChI is InChI=1S/C14H22N2O/c1-11-9-10-17-14(11)13(16-15)8-7-12-5-3-2-4-6-12/h2-6,11,13-14,16H,7-10,15H2,1H3. The summed E-state index contributed by atoms with van der Waals surface area (Å²) >= 11 is 0. The van der Waals surface area contributed by atoms with E-state index in [2.05, 4.69) is 36.6 Å². The lowest BCUT2D eigenvalue weighted by atomic mass is 9.93. The van der Waals surface area contributed by atoms with Gasteiger partial charge in [-0.15, -0.1) is 0 Å². The number of ether oxygens (including phenoxy) is 1. The number of aryl methyl sites for hydroxylation is 1. The van der Waals surface area contributed by atoms with Crippen molar-refractivity contribution >= 4 is 0 Å².